The van der Waals surface area contributed by atoms with Crippen LogP contribution in [0.25, 0.3) is 33.5 Å². The predicted octanol–water partition coefficient (Wildman–Crippen LogP) is 4.73. The van der Waals surface area contributed by atoms with E-state index in [1.807, 2.05) is 24.3 Å². The van der Waals surface area contributed by atoms with Gasteiger partial charge in [0.1, 0.15) is 11.4 Å². The molecule has 6 heteroatoms. The first kappa shape index (κ1) is 17.7. The van der Waals surface area contributed by atoms with E-state index >= 15 is 0 Å². The van der Waals surface area contributed by atoms with E-state index in [1.54, 1.807) is 28.8 Å². The number of hydrogen-bond donors (Lipinski definition) is 0. The molecule has 0 unspecified atom stereocenters. The van der Waals surface area contributed by atoms with E-state index < -0.39 is 0 Å². The third-order valence-corrected chi connectivity index (χ3v) is 5.01. The van der Waals surface area contributed by atoms with E-state index in [0.717, 1.165) is 22.9 Å². The molecule has 0 aliphatic rings. The molecule has 0 bridgehead atoms. The zero-order valence-electron chi connectivity index (χ0n) is 14.7. The van der Waals surface area contributed by atoms with Gasteiger partial charge in [0.15, 0.2) is 5.39 Å². The maximum absolute atomic E-state index is 13.2. The van der Waals surface area contributed by atoms with Gasteiger partial charge in [0, 0.05) is 16.6 Å². The second kappa shape index (κ2) is 7.12. The third-order valence-electron chi connectivity index (χ3n) is 4.52. The van der Waals surface area contributed by atoms with Crippen molar-refractivity contribution < 1.29 is 4.42 Å². The van der Waals surface area contributed by atoms with Crippen LogP contribution in [0.5, 0.6) is 0 Å². The Balaban J connectivity index is 2.12. The van der Waals surface area contributed by atoms with E-state index in [0.29, 0.717) is 23.3 Å². The number of unbranched alkanes of at least 4 members (excludes halogenated alkanes) is 1. The van der Waals surface area contributed by atoms with Crippen LogP contribution in [-0.2, 0) is 6.54 Å². The quantitative estimate of drug-likeness (QED) is 0.444. The minimum absolute atomic E-state index is 0.00329. The summed E-state index contributed by atoms with van der Waals surface area (Å²) in [5.41, 5.74) is 0.591. The van der Waals surface area contributed by atoms with Crippen LogP contribution < -0.4 is 11.0 Å². The fraction of sp³-hybridized carbons (Fsp3) is 0.190. The Kier molecular flexibility index (Phi) is 4.66. The first-order valence-electron chi connectivity index (χ1n) is 8.82. The fourth-order valence-electron chi connectivity index (χ4n) is 3.16. The van der Waals surface area contributed by atoms with Crippen molar-refractivity contribution in [2.45, 2.75) is 26.3 Å². The Hall–Kier alpha value is -2.73. The molecule has 0 atom stereocenters. The first-order chi connectivity index (χ1) is 13.1. The van der Waals surface area contributed by atoms with Gasteiger partial charge in [0.05, 0.1) is 5.39 Å². The average Bonchev–Trinajstić information content (AvgIpc) is 2.67. The molecule has 4 rings (SSSR count). The van der Waals surface area contributed by atoms with Gasteiger partial charge in [-0.15, -0.1) is 0 Å². The smallest absolute Gasteiger partial charge is 0.269 e. The van der Waals surface area contributed by atoms with Crippen molar-refractivity contribution in [2.75, 3.05) is 0 Å². The third kappa shape index (κ3) is 3.10. The van der Waals surface area contributed by atoms with Crippen molar-refractivity contribution in [3.8, 4) is 11.4 Å². The van der Waals surface area contributed by atoms with E-state index in [4.69, 9.17) is 4.42 Å². The van der Waals surface area contributed by atoms with Crippen LogP contribution in [0.2, 0.25) is 0 Å². The molecule has 5 nitrogen and oxygen atoms in total. The lowest BCUT2D eigenvalue weighted by atomic mass is 10.1. The molecule has 0 N–H and O–H groups in total. The van der Waals surface area contributed by atoms with E-state index in [1.165, 1.54) is 0 Å². The van der Waals surface area contributed by atoms with Crippen molar-refractivity contribution in [1.82, 2.24) is 9.55 Å². The molecular weight excluding hydrogens is 408 g/mol. The van der Waals surface area contributed by atoms with Gasteiger partial charge in [-0.25, -0.2) is 0 Å². The molecule has 0 aliphatic heterocycles. The van der Waals surface area contributed by atoms with Crippen LogP contribution in [0.15, 0.2) is 67.0 Å². The summed E-state index contributed by atoms with van der Waals surface area (Å²) in [4.78, 5) is 30.7. The van der Waals surface area contributed by atoms with Gasteiger partial charge in [0.25, 0.3) is 5.56 Å². The Labute approximate surface area is 163 Å². The van der Waals surface area contributed by atoms with Crippen LogP contribution in [0.4, 0.5) is 0 Å². The van der Waals surface area contributed by atoms with Gasteiger partial charge in [-0.1, -0.05) is 53.5 Å². The lowest BCUT2D eigenvalue weighted by molar-refractivity contribution is 0.599. The molecule has 4 aromatic rings. The second-order valence-corrected chi connectivity index (χ2v) is 7.28. The first-order valence-corrected chi connectivity index (χ1v) is 9.61. The van der Waals surface area contributed by atoms with Crippen LogP contribution in [-0.4, -0.2) is 9.55 Å². The van der Waals surface area contributed by atoms with E-state index in [9.17, 15) is 9.59 Å². The minimum Gasteiger partial charge on any atom is -0.437 e. The molecule has 0 spiro atoms. The molecule has 0 amide bonds. The number of rotatable bonds is 4. The summed E-state index contributed by atoms with van der Waals surface area (Å²) in [6.07, 6.45) is 1.74. The molecule has 0 fully saturated rings. The summed E-state index contributed by atoms with van der Waals surface area (Å²) < 4.78 is 8.29. The number of aromatic nitrogens is 2. The standard InChI is InChI=1S/C21H17BrN2O3/c1-2-3-11-24-19(13-7-6-8-14(22)12-13)23-20-17(21(24)26)18(25)15-9-4-5-10-16(15)27-20/h4-10,12H,2-3,11H2,1H3. The van der Waals surface area contributed by atoms with Gasteiger partial charge in [-0.05, 0) is 30.7 Å². The molecule has 2 aromatic carbocycles. The van der Waals surface area contributed by atoms with Crippen molar-refractivity contribution in [1.29, 1.82) is 0 Å². The Morgan fingerprint density at radius 1 is 1.11 bits per heavy atom. The Morgan fingerprint density at radius 3 is 2.70 bits per heavy atom. The van der Waals surface area contributed by atoms with Crippen LogP contribution in [0.3, 0.4) is 0 Å². The topological polar surface area (TPSA) is 65.1 Å². The Morgan fingerprint density at radius 2 is 1.93 bits per heavy atom. The lowest BCUT2D eigenvalue weighted by Gasteiger charge is -2.13. The van der Waals surface area contributed by atoms with Gasteiger partial charge in [-0.2, -0.15) is 4.98 Å². The second-order valence-electron chi connectivity index (χ2n) is 6.36. The summed E-state index contributed by atoms with van der Waals surface area (Å²) in [5.74, 6) is 0.501. The van der Waals surface area contributed by atoms with Gasteiger partial charge in [-0.3, -0.25) is 14.2 Å². The largest absolute Gasteiger partial charge is 0.437 e. The summed E-state index contributed by atoms with van der Waals surface area (Å²) in [7, 11) is 0. The molecular formula is C21H17BrN2O3. The molecule has 0 saturated heterocycles. The summed E-state index contributed by atoms with van der Waals surface area (Å²) in [5, 5.41) is 0.393. The number of para-hydroxylation sites is 1. The molecule has 0 aliphatic carbocycles. The highest BCUT2D eigenvalue weighted by molar-refractivity contribution is 9.10. The monoisotopic (exact) mass is 424 g/mol. The highest BCUT2D eigenvalue weighted by atomic mass is 79.9. The molecule has 136 valence electrons. The molecule has 27 heavy (non-hydrogen) atoms. The van der Waals surface area contributed by atoms with E-state index in [2.05, 4.69) is 27.8 Å². The highest BCUT2D eigenvalue weighted by Crippen LogP contribution is 2.23. The van der Waals surface area contributed by atoms with Crippen LogP contribution in [0, 0.1) is 0 Å². The number of halogens is 1. The maximum atomic E-state index is 13.2. The SMILES string of the molecule is CCCCn1c(-c2cccc(Br)c2)nc2oc3ccccc3c(=O)c2c1=O. The number of hydrogen-bond acceptors (Lipinski definition) is 4. The van der Waals surface area contributed by atoms with Crippen molar-refractivity contribution in [3.63, 3.8) is 0 Å². The molecule has 0 saturated carbocycles. The maximum Gasteiger partial charge on any atom is 0.269 e. The van der Waals surface area contributed by atoms with Crippen LogP contribution in [0.1, 0.15) is 19.8 Å². The van der Waals surface area contributed by atoms with E-state index in [-0.39, 0.29) is 22.1 Å². The summed E-state index contributed by atoms with van der Waals surface area (Å²) in [6.45, 7) is 2.55. The van der Waals surface area contributed by atoms with Crippen molar-refractivity contribution in [3.05, 3.63) is 73.6 Å². The van der Waals surface area contributed by atoms with Gasteiger partial charge >= 0.3 is 0 Å². The molecule has 2 aromatic heterocycles. The summed E-state index contributed by atoms with van der Waals surface area (Å²) in [6, 6.07) is 14.5. The van der Waals surface area contributed by atoms with Crippen LogP contribution >= 0.6 is 15.9 Å². The highest BCUT2D eigenvalue weighted by Gasteiger charge is 2.18. The predicted molar refractivity (Wildman–Crippen MR) is 110 cm³/mol. The average molecular weight is 425 g/mol. The lowest BCUT2D eigenvalue weighted by Crippen LogP contribution is -2.27. The molecule has 2 heterocycles. The number of fused-ring (bicyclic) bond motifs is 2. The molecule has 0 radical (unpaired) electrons. The minimum atomic E-state index is -0.358. The van der Waals surface area contributed by atoms with Gasteiger partial charge < -0.3 is 4.42 Å². The van der Waals surface area contributed by atoms with Crippen molar-refractivity contribution >= 4 is 38.0 Å². The zero-order chi connectivity index (χ0) is 19.0. The number of benzene rings is 2. The normalized spacial score (nSPS) is 11.3. The fourth-order valence-corrected chi connectivity index (χ4v) is 3.56. The summed E-state index contributed by atoms with van der Waals surface area (Å²) >= 11 is 3.46. The van der Waals surface area contributed by atoms with Gasteiger partial charge in [0.2, 0.25) is 11.1 Å². The number of nitrogens with zero attached hydrogens (tertiary/aromatic N) is 2. The van der Waals surface area contributed by atoms with Crippen molar-refractivity contribution in [2.24, 2.45) is 0 Å². The Bertz CT molecular complexity index is 1270. The zero-order valence-corrected chi connectivity index (χ0v) is 16.3.